The topological polar surface area (TPSA) is 44.5 Å². The van der Waals surface area contributed by atoms with Crippen LogP contribution in [0.1, 0.15) is 128 Å². The van der Waals surface area contributed by atoms with Crippen molar-refractivity contribution in [3.8, 4) is 0 Å². The van der Waals surface area contributed by atoms with E-state index in [1.807, 2.05) is 7.11 Å². The number of rotatable bonds is 11. The number of methoxy groups -OCH3 is 1. The van der Waals surface area contributed by atoms with Gasteiger partial charge in [0.25, 0.3) is 0 Å². The predicted molar refractivity (Wildman–Crippen MR) is 175 cm³/mol. The van der Waals surface area contributed by atoms with Gasteiger partial charge >= 0.3 is 0 Å². The Balaban J connectivity index is 1.67. The van der Waals surface area contributed by atoms with Gasteiger partial charge in [-0.25, -0.2) is 0 Å². The first kappa shape index (κ1) is 33.3. The fourth-order valence-corrected chi connectivity index (χ4v) is 10.8. The van der Waals surface area contributed by atoms with E-state index in [-0.39, 0.29) is 22.5 Å². The summed E-state index contributed by atoms with van der Waals surface area (Å²) in [5, 5.41) is 0. The van der Waals surface area contributed by atoms with Crippen LogP contribution in [0.2, 0.25) is 0 Å². The number of ether oxygens (including phenoxy) is 2. The van der Waals surface area contributed by atoms with Crippen molar-refractivity contribution in [3.05, 3.63) is 23.8 Å². The summed E-state index contributed by atoms with van der Waals surface area (Å²) in [6.07, 6.45) is 18.3. The molecular formula is C38H67NO2. The molecule has 2 N–H and O–H groups in total. The van der Waals surface area contributed by atoms with Gasteiger partial charge in [-0.2, -0.15) is 0 Å². The lowest BCUT2D eigenvalue weighted by Gasteiger charge is -2.68. The van der Waals surface area contributed by atoms with Gasteiger partial charge in [-0.05, 0) is 110 Å². The zero-order valence-corrected chi connectivity index (χ0v) is 29.2. The van der Waals surface area contributed by atoms with Crippen LogP contribution in [0, 0.1) is 56.7 Å². The fraction of sp³-hybridized carbons (Fsp3) is 0.895. The Labute approximate surface area is 254 Å². The van der Waals surface area contributed by atoms with Crippen molar-refractivity contribution in [2.45, 2.75) is 139 Å². The fourth-order valence-electron chi connectivity index (χ4n) is 10.8. The summed E-state index contributed by atoms with van der Waals surface area (Å²) < 4.78 is 12.8. The molecule has 4 aliphatic rings. The van der Waals surface area contributed by atoms with Crippen LogP contribution in [0.4, 0.5) is 0 Å². The Morgan fingerprint density at radius 1 is 1.00 bits per heavy atom. The molecule has 0 aromatic carbocycles. The summed E-state index contributed by atoms with van der Waals surface area (Å²) in [6.45, 7) is 27.8. The van der Waals surface area contributed by atoms with E-state index >= 15 is 0 Å². The van der Waals surface area contributed by atoms with Crippen LogP contribution in [-0.4, -0.2) is 32.0 Å². The average Bonchev–Trinajstić information content (AvgIpc) is 2.89. The highest BCUT2D eigenvalue weighted by Gasteiger charge is 2.65. The Morgan fingerprint density at radius 3 is 2.27 bits per heavy atom. The van der Waals surface area contributed by atoms with Crippen LogP contribution in [0.3, 0.4) is 0 Å². The molecule has 2 bridgehead atoms. The van der Waals surface area contributed by atoms with Gasteiger partial charge in [-0.1, -0.05) is 93.0 Å². The van der Waals surface area contributed by atoms with E-state index in [1.54, 1.807) is 5.57 Å². The maximum atomic E-state index is 6.80. The summed E-state index contributed by atoms with van der Waals surface area (Å²) in [7, 11) is 1.87. The number of allylic oxidation sites excluding steroid dienone is 4. The minimum absolute atomic E-state index is 0.0823. The summed E-state index contributed by atoms with van der Waals surface area (Å²) in [6, 6.07) is 0. The standard InChI is InChI=1S/C38H67NO2/c1-13-32(41-25-36(11,39)27(4)5)34(9,24-40-12)31-16-15-30-29(33(31,7)8)17-20-38-19-14-18-37(23-38,28(6)26(2)3)22-21-35(30,38)10/h14,17,19,26-28,30-32H,13,15-16,18,20-25,39H2,1-12H3/t28-,30?,31?,32?,34+,35?,36+,37+,38+/m1/s1. The number of fused-ring (bicyclic) bond motifs is 3. The molecule has 0 saturated heterocycles. The molecule has 4 rings (SSSR count). The zero-order chi connectivity index (χ0) is 30.6. The highest BCUT2D eigenvalue weighted by molar-refractivity contribution is 5.34. The average molecular weight is 570 g/mol. The van der Waals surface area contributed by atoms with Crippen LogP contribution >= 0.6 is 0 Å². The maximum absolute atomic E-state index is 6.80. The molecular weight excluding hydrogens is 502 g/mol. The maximum Gasteiger partial charge on any atom is 0.0652 e. The van der Waals surface area contributed by atoms with Crippen molar-refractivity contribution in [2.75, 3.05) is 20.3 Å². The van der Waals surface area contributed by atoms with E-state index in [9.17, 15) is 0 Å². The van der Waals surface area contributed by atoms with Crippen molar-refractivity contribution in [1.29, 1.82) is 0 Å². The van der Waals surface area contributed by atoms with Crippen molar-refractivity contribution >= 4 is 0 Å². The molecule has 3 heteroatoms. The first-order valence-corrected chi connectivity index (χ1v) is 17.2. The second-order valence-corrected chi connectivity index (χ2v) is 17.3. The van der Waals surface area contributed by atoms with Crippen molar-refractivity contribution < 1.29 is 9.47 Å². The largest absolute Gasteiger partial charge is 0.384 e. The van der Waals surface area contributed by atoms with Crippen LogP contribution in [0.25, 0.3) is 0 Å². The van der Waals surface area contributed by atoms with E-state index in [0.717, 1.165) is 24.9 Å². The third-order valence-electron chi connectivity index (χ3n) is 14.3. The monoisotopic (exact) mass is 570 g/mol. The smallest absolute Gasteiger partial charge is 0.0652 e. The van der Waals surface area contributed by atoms with Crippen molar-refractivity contribution in [3.63, 3.8) is 0 Å². The second-order valence-electron chi connectivity index (χ2n) is 17.3. The summed E-state index contributed by atoms with van der Waals surface area (Å²) >= 11 is 0. The van der Waals surface area contributed by atoms with E-state index < -0.39 is 0 Å². The Morgan fingerprint density at radius 2 is 1.68 bits per heavy atom. The zero-order valence-electron chi connectivity index (χ0n) is 29.2. The normalized spacial score (nSPS) is 38.9. The minimum atomic E-state index is -0.333. The molecule has 4 aliphatic carbocycles. The molecule has 0 aromatic rings. The van der Waals surface area contributed by atoms with Crippen LogP contribution in [-0.2, 0) is 9.47 Å². The molecule has 0 amide bonds. The Hall–Kier alpha value is -0.640. The number of nitrogens with two attached hydrogens (primary N) is 1. The molecule has 1 spiro atoms. The summed E-state index contributed by atoms with van der Waals surface area (Å²) in [5.41, 5.74) is 9.25. The third-order valence-corrected chi connectivity index (χ3v) is 14.3. The lowest BCUT2D eigenvalue weighted by molar-refractivity contribution is -0.151. The second kappa shape index (κ2) is 11.4. The molecule has 2 fully saturated rings. The van der Waals surface area contributed by atoms with E-state index in [2.05, 4.69) is 94.4 Å². The van der Waals surface area contributed by atoms with Crippen molar-refractivity contribution in [2.24, 2.45) is 62.4 Å². The van der Waals surface area contributed by atoms with Gasteiger partial charge in [-0.3, -0.25) is 0 Å². The van der Waals surface area contributed by atoms with Gasteiger partial charge in [0.2, 0.25) is 0 Å². The first-order valence-electron chi connectivity index (χ1n) is 17.2. The van der Waals surface area contributed by atoms with E-state index in [1.165, 1.54) is 44.9 Å². The SMILES string of the molecule is CCC(OC[C@](C)(N)C(C)C)[C@@](C)(COC)C1CCC2C(=CC[C@]34C=CC[C@]([C@H](C)C(C)C)(CCC23C)C4)C1(C)C. The minimum Gasteiger partial charge on any atom is -0.384 e. The highest BCUT2D eigenvalue weighted by atomic mass is 16.5. The van der Waals surface area contributed by atoms with Gasteiger partial charge < -0.3 is 15.2 Å². The number of hydrogen-bond donors (Lipinski definition) is 1. The molecule has 236 valence electrons. The first-order chi connectivity index (χ1) is 19.0. The van der Waals surface area contributed by atoms with Gasteiger partial charge in [0, 0.05) is 18.1 Å². The van der Waals surface area contributed by atoms with Gasteiger partial charge in [-0.15, -0.1) is 0 Å². The molecule has 0 radical (unpaired) electrons. The molecule has 9 atom stereocenters. The quantitative estimate of drug-likeness (QED) is 0.252. The van der Waals surface area contributed by atoms with Crippen molar-refractivity contribution in [1.82, 2.24) is 0 Å². The molecule has 0 aromatic heterocycles. The Kier molecular flexibility index (Phi) is 9.23. The lowest BCUT2D eigenvalue weighted by Crippen LogP contribution is -2.60. The van der Waals surface area contributed by atoms with Crippen LogP contribution < -0.4 is 5.73 Å². The van der Waals surface area contributed by atoms with Crippen LogP contribution in [0.5, 0.6) is 0 Å². The molecule has 2 saturated carbocycles. The summed E-state index contributed by atoms with van der Waals surface area (Å²) in [4.78, 5) is 0. The van der Waals surface area contributed by atoms with Gasteiger partial charge in [0.15, 0.2) is 0 Å². The van der Waals surface area contributed by atoms with Gasteiger partial charge in [0.1, 0.15) is 0 Å². The molecule has 0 heterocycles. The number of hydrogen-bond acceptors (Lipinski definition) is 3. The third kappa shape index (κ3) is 5.24. The van der Waals surface area contributed by atoms with E-state index in [0.29, 0.717) is 40.6 Å². The van der Waals surface area contributed by atoms with Crippen LogP contribution in [0.15, 0.2) is 23.8 Å². The molecule has 4 unspecified atom stereocenters. The molecule has 3 nitrogen and oxygen atoms in total. The van der Waals surface area contributed by atoms with Gasteiger partial charge in [0.05, 0.1) is 19.3 Å². The molecule has 0 aliphatic heterocycles. The van der Waals surface area contributed by atoms with E-state index in [4.69, 9.17) is 15.2 Å². The predicted octanol–water partition coefficient (Wildman–Crippen LogP) is 9.61. The molecule has 41 heavy (non-hydrogen) atoms. The Bertz CT molecular complexity index is 992. The summed E-state index contributed by atoms with van der Waals surface area (Å²) in [5.74, 6) is 3.05. The lowest BCUT2D eigenvalue weighted by atomic mass is 9.36. The highest BCUT2D eigenvalue weighted by Crippen LogP contribution is 2.73.